The summed E-state index contributed by atoms with van der Waals surface area (Å²) in [5.41, 5.74) is 0. The van der Waals surface area contributed by atoms with E-state index in [4.69, 9.17) is 0 Å². The highest BCUT2D eigenvalue weighted by atomic mass is 15.3. The van der Waals surface area contributed by atoms with Crippen LogP contribution in [0.3, 0.4) is 0 Å². The quantitative estimate of drug-likeness (QED) is 0.824. The van der Waals surface area contributed by atoms with E-state index in [1.807, 2.05) is 0 Å². The number of likely N-dealkylation sites (tertiary alicyclic amines) is 1. The van der Waals surface area contributed by atoms with Gasteiger partial charge in [-0.1, -0.05) is 0 Å². The van der Waals surface area contributed by atoms with E-state index in [1.165, 1.54) is 31.6 Å². The van der Waals surface area contributed by atoms with Crippen LogP contribution in [0.2, 0.25) is 0 Å². The highest BCUT2D eigenvalue weighted by Crippen LogP contribution is 2.14. The molecule has 94 valence electrons. The summed E-state index contributed by atoms with van der Waals surface area (Å²) in [4.78, 5) is 2.37. The topological polar surface area (TPSA) is 46.0 Å². The Morgan fingerprint density at radius 1 is 1.29 bits per heavy atom. The van der Waals surface area contributed by atoms with Crippen molar-refractivity contribution in [1.82, 2.24) is 25.0 Å². The average Bonchev–Trinajstić information content (AvgIpc) is 2.93. The van der Waals surface area contributed by atoms with Gasteiger partial charge in [-0.15, -0.1) is 10.2 Å². The van der Waals surface area contributed by atoms with Gasteiger partial charge in [0.15, 0.2) is 0 Å². The molecule has 1 unspecified atom stereocenters. The molecule has 1 fully saturated rings. The van der Waals surface area contributed by atoms with Crippen LogP contribution in [0.1, 0.15) is 30.9 Å². The van der Waals surface area contributed by atoms with Crippen molar-refractivity contribution in [3.05, 3.63) is 11.6 Å². The van der Waals surface area contributed by atoms with Crippen molar-refractivity contribution in [3.8, 4) is 0 Å². The van der Waals surface area contributed by atoms with Crippen LogP contribution in [0.5, 0.6) is 0 Å². The summed E-state index contributed by atoms with van der Waals surface area (Å²) in [6.07, 6.45) is 4.87. The van der Waals surface area contributed by atoms with Gasteiger partial charge in [0.2, 0.25) is 0 Å². The van der Waals surface area contributed by atoms with Crippen molar-refractivity contribution in [2.45, 2.75) is 44.8 Å². The Bertz CT molecular complexity index is 386. The second kappa shape index (κ2) is 4.74. The van der Waals surface area contributed by atoms with Crippen LogP contribution in [0.25, 0.3) is 0 Å². The first kappa shape index (κ1) is 11.2. The van der Waals surface area contributed by atoms with Crippen LogP contribution < -0.4 is 5.32 Å². The summed E-state index contributed by atoms with van der Waals surface area (Å²) in [7, 11) is 2.18. The second-order valence-electron chi connectivity index (χ2n) is 5.27. The smallest absolute Gasteiger partial charge is 0.147 e. The number of hydrogen-bond donors (Lipinski definition) is 1. The second-order valence-corrected chi connectivity index (χ2v) is 5.27. The Balaban J connectivity index is 1.60. The Morgan fingerprint density at radius 3 is 3.06 bits per heavy atom. The fourth-order valence-corrected chi connectivity index (χ4v) is 2.84. The summed E-state index contributed by atoms with van der Waals surface area (Å²) in [6.45, 7) is 4.33. The minimum atomic E-state index is 0.622. The molecule has 1 atom stereocenters. The third-order valence-corrected chi connectivity index (χ3v) is 3.88. The summed E-state index contributed by atoms with van der Waals surface area (Å²) < 4.78 is 2.30. The van der Waals surface area contributed by atoms with Gasteiger partial charge in [0.25, 0.3) is 0 Å². The van der Waals surface area contributed by atoms with E-state index in [1.54, 1.807) is 0 Å². The van der Waals surface area contributed by atoms with Crippen molar-refractivity contribution in [3.63, 3.8) is 0 Å². The lowest BCUT2D eigenvalue weighted by atomic mass is 10.1. The molecule has 1 N–H and O–H groups in total. The SMILES string of the molecule is CN1CCC(NCc2nnc3n2CCCC3)C1. The monoisotopic (exact) mass is 235 g/mol. The molecule has 0 spiro atoms. The van der Waals surface area contributed by atoms with Gasteiger partial charge in [-0.3, -0.25) is 0 Å². The molecule has 2 aliphatic heterocycles. The minimum absolute atomic E-state index is 0.622. The fourth-order valence-electron chi connectivity index (χ4n) is 2.84. The molecule has 0 aliphatic carbocycles. The first-order valence-corrected chi connectivity index (χ1v) is 6.66. The van der Waals surface area contributed by atoms with E-state index >= 15 is 0 Å². The molecule has 1 saturated heterocycles. The van der Waals surface area contributed by atoms with Gasteiger partial charge < -0.3 is 14.8 Å². The zero-order valence-electron chi connectivity index (χ0n) is 10.5. The molecule has 3 rings (SSSR count). The molecule has 1 aromatic rings. The van der Waals surface area contributed by atoms with Crippen molar-refractivity contribution in [1.29, 1.82) is 0 Å². The first-order valence-electron chi connectivity index (χ1n) is 6.66. The standard InChI is InChI=1S/C12H21N5/c1-16-7-5-10(9-16)13-8-12-15-14-11-4-2-3-6-17(11)12/h10,13H,2-9H2,1H3. The third-order valence-electron chi connectivity index (χ3n) is 3.88. The molecule has 0 saturated carbocycles. The van der Waals surface area contributed by atoms with Crippen LogP contribution in [0.15, 0.2) is 0 Å². The Labute approximate surface area is 102 Å². The van der Waals surface area contributed by atoms with E-state index in [2.05, 4.69) is 32.0 Å². The Hall–Kier alpha value is -0.940. The molecule has 0 radical (unpaired) electrons. The number of fused-ring (bicyclic) bond motifs is 1. The lowest BCUT2D eigenvalue weighted by Crippen LogP contribution is -2.32. The molecule has 17 heavy (non-hydrogen) atoms. The van der Waals surface area contributed by atoms with E-state index in [0.29, 0.717) is 6.04 Å². The lowest BCUT2D eigenvalue weighted by molar-refractivity contribution is 0.394. The van der Waals surface area contributed by atoms with Crippen molar-refractivity contribution in [2.24, 2.45) is 0 Å². The van der Waals surface area contributed by atoms with E-state index < -0.39 is 0 Å². The Kier molecular flexibility index (Phi) is 3.11. The summed E-state index contributed by atoms with van der Waals surface area (Å²) in [5, 5.41) is 12.2. The van der Waals surface area contributed by atoms with Gasteiger partial charge in [-0.2, -0.15) is 0 Å². The van der Waals surface area contributed by atoms with Crippen molar-refractivity contribution >= 4 is 0 Å². The maximum Gasteiger partial charge on any atom is 0.147 e. The highest BCUT2D eigenvalue weighted by Gasteiger charge is 2.20. The molecule has 0 amide bonds. The molecule has 2 aliphatic rings. The molecule has 0 bridgehead atoms. The van der Waals surface area contributed by atoms with Crippen LogP contribution in [-0.2, 0) is 19.5 Å². The summed E-state index contributed by atoms with van der Waals surface area (Å²) in [5.74, 6) is 2.30. The zero-order chi connectivity index (χ0) is 11.7. The van der Waals surface area contributed by atoms with Crippen LogP contribution in [-0.4, -0.2) is 45.8 Å². The maximum absolute atomic E-state index is 4.31. The predicted octanol–water partition coefficient (Wildman–Crippen LogP) is 0.408. The zero-order valence-corrected chi connectivity index (χ0v) is 10.5. The van der Waals surface area contributed by atoms with E-state index in [-0.39, 0.29) is 0 Å². The molecular weight excluding hydrogens is 214 g/mol. The molecule has 1 aromatic heterocycles. The van der Waals surface area contributed by atoms with Gasteiger partial charge in [0, 0.05) is 25.6 Å². The number of rotatable bonds is 3. The number of aromatic nitrogens is 3. The van der Waals surface area contributed by atoms with Crippen molar-refractivity contribution < 1.29 is 0 Å². The van der Waals surface area contributed by atoms with Gasteiger partial charge in [-0.25, -0.2) is 0 Å². The number of aryl methyl sites for hydroxylation is 1. The summed E-state index contributed by atoms with van der Waals surface area (Å²) in [6, 6.07) is 0.622. The molecular formula is C12H21N5. The van der Waals surface area contributed by atoms with Gasteiger partial charge in [0.1, 0.15) is 11.6 Å². The summed E-state index contributed by atoms with van der Waals surface area (Å²) >= 11 is 0. The number of likely N-dealkylation sites (N-methyl/N-ethyl adjacent to an activating group) is 1. The van der Waals surface area contributed by atoms with E-state index in [9.17, 15) is 0 Å². The number of nitrogens with one attached hydrogen (secondary N) is 1. The minimum Gasteiger partial charge on any atom is -0.314 e. The first-order chi connectivity index (χ1) is 8.33. The molecule has 0 aromatic carbocycles. The van der Waals surface area contributed by atoms with Gasteiger partial charge in [-0.05, 0) is 32.9 Å². The van der Waals surface area contributed by atoms with Gasteiger partial charge >= 0.3 is 0 Å². The van der Waals surface area contributed by atoms with Crippen LogP contribution in [0, 0.1) is 0 Å². The Morgan fingerprint density at radius 2 is 2.24 bits per heavy atom. The molecule has 3 heterocycles. The number of hydrogen-bond acceptors (Lipinski definition) is 4. The van der Waals surface area contributed by atoms with Gasteiger partial charge in [0.05, 0.1) is 6.54 Å². The van der Waals surface area contributed by atoms with Crippen molar-refractivity contribution in [2.75, 3.05) is 20.1 Å². The largest absolute Gasteiger partial charge is 0.314 e. The normalized spacial score (nSPS) is 25.1. The molecule has 5 nitrogen and oxygen atoms in total. The van der Waals surface area contributed by atoms with Crippen LogP contribution >= 0.6 is 0 Å². The van der Waals surface area contributed by atoms with E-state index in [0.717, 1.165) is 31.9 Å². The average molecular weight is 235 g/mol. The maximum atomic E-state index is 4.31. The van der Waals surface area contributed by atoms with Crippen LogP contribution in [0.4, 0.5) is 0 Å². The third kappa shape index (κ3) is 2.35. The molecule has 5 heteroatoms. The highest BCUT2D eigenvalue weighted by molar-refractivity contribution is 4.99. The lowest BCUT2D eigenvalue weighted by Gasteiger charge is -2.16. The fraction of sp³-hybridized carbons (Fsp3) is 0.833. The predicted molar refractivity (Wildman–Crippen MR) is 65.7 cm³/mol. The number of nitrogens with zero attached hydrogens (tertiary/aromatic N) is 4.